The molecule has 0 aromatic heterocycles. The highest BCUT2D eigenvalue weighted by Crippen LogP contribution is 2.27. The van der Waals surface area contributed by atoms with E-state index in [4.69, 9.17) is 0 Å². The van der Waals surface area contributed by atoms with E-state index >= 15 is 0 Å². The van der Waals surface area contributed by atoms with Crippen LogP contribution in [-0.2, 0) is 23.0 Å². The Labute approximate surface area is 196 Å². The van der Waals surface area contributed by atoms with Gasteiger partial charge in [0.25, 0.3) is 10.1 Å². The predicted octanol–water partition coefficient (Wildman–Crippen LogP) is 8.67. The fraction of sp³-hybridized carbons (Fsp3) is 0.643. The van der Waals surface area contributed by atoms with E-state index in [2.05, 4.69) is 32.0 Å². The molecule has 0 saturated heterocycles. The lowest BCUT2D eigenvalue weighted by atomic mass is 9.96. The minimum absolute atomic E-state index is 0.0241. The topological polar surface area (TPSA) is 54.4 Å². The van der Waals surface area contributed by atoms with E-state index in [1.165, 1.54) is 82.6 Å². The summed E-state index contributed by atoms with van der Waals surface area (Å²) in [6, 6.07) is 9.77. The predicted molar refractivity (Wildman–Crippen MR) is 137 cm³/mol. The molecule has 0 spiro atoms. The van der Waals surface area contributed by atoms with Gasteiger partial charge >= 0.3 is 0 Å². The SMILES string of the molecule is CCCCCCCCCc1ccc2c(CCCCCCCCC)cc(S(=O)(=O)O)cc2c1. The van der Waals surface area contributed by atoms with Crippen LogP contribution in [0.5, 0.6) is 0 Å². The van der Waals surface area contributed by atoms with Gasteiger partial charge in [0.15, 0.2) is 0 Å². The number of benzene rings is 2. The molecule has 2 aromatic rings. The van der Waals surface area contributed by atoms with E-state index in [-0.39, 0.29) is 4.90 Å². The van der Waals surface area contributed by atoms with Crippen molar-refractivity contribution in [2.24, 2.45) is 0 Å². The fourth-order valence-corrected chi connectivity index (χ4v) is 5.11. The number of fused-ring (bicyclic) bond motifs is 1. The van der Waals surface area contributed by atoms with E-state index in [1.54, 1.807) is 12.1 Å². The van der Waals surface area contributed by atoms with Gasteiger partial charge in [-0.05, 0) is 59.7 Å². The molecule has 0 heterocycles. The fourth-order valence-electron chi connectivity index (χ4n) is 4.54. The van der Waals surface area contributed by atoms with E-state index in [1.807, 2.05) is 0 Å². The Bertz CT molecular complexity index is 902. The molecule has 1 N–H and O–H groups in total. The van der Waals surface area contributed by atoms with Crippen molar-refractivity contribution in [3.63, 3.8) is 0 Å². The standard InChI is InChI=1S/C28H44O3S/c1-3-5-7-9-11-13-15-17-24-19-20-28-25(18-16-14-12-10-8-6-4-2)22-27(32(29,30)31)23-26(28)21-24/h19-23H,3-18H2,1-2H3,(H,29,30,31). The first kappa shape index (κ1) is 26.9. The van der Waals surface area contributed by atoms with Gasteiger partial charge in [0.2, 0.25) is 0 Å². The number of unbranched alkanes of at least 4 members (excludes halogenated alkanes) is 12. The highest BCUT2D eigenvalue weighted by Gasteiger charge is 2.14. The lowest BCUT2D eigenvalue weighted by molar-refractivity contribution is 0.483. The third-order valence-corrected chi connectivity index (χ3v) is 7.32. The van der Waals surface area contributed by atoms with Crippen molar-refractivity contribution in [2.45, 2.75) is 121 Å². The molecule has 0 aliphatic carbocycles. The van der Waals surface area contributed by atoms with Crippen LogP contribution < -0.4 is 0 Å². The summed E-state index contributed by atoms with van der Waals surface area (Å²) >= 11 is 0. The van der Waals surface area contributed by atoms with Crippen molar-refractivity contribution in [2.75, 3.05) is 0 Å². The summed E-state index contributed by atoms with van der Waals surface area (Å²) in [5.74, 6) is 0. The van der Waals surface area contributed by atoms with Gasteiger partial charge in [0.05, 0.1) is 4.90 Å². The second-order valence-corrected chi connectivity index (χ2v) is 10.8. The number of rotatable bonds is 17. The molecule has 3 nitrogen and oxygen atoms in total. The monoisotopic (exact) mass is 460 g/mol. The Kier molecular flexibility index (Phi) is 12.3. The highest BCUT2D eigenvalue weighted by molar-refractivity contribution is 7.85. The van der Waals surface area contributed by atoms with Crippen LogP contribution in [0.4, 0.5) is 0 Å². The molecular formula is C28H44O3S. The minimum Gasteiger partial charge on any atom is -0.282 e. The van der Waals surface area contributed by atoms with Gasteiger partial charge < -0.3 is 0 Å². The van der Waals surface area contributed by atoms with Crippen LogP contribution in [0.25, 0.3) is 10.8 Å². The summed E-state index contributed by atoms with van der Waals surface area (Å²) < 4.78 is 33.4. The average Bonchev–Trinajstić information content (AvgIpc) is 2.76. The third-order valence-electron chi connectivity index (χ3n) is 6.49. The lowest BCUT2D eigenvalue weighted by Gasteiger charge is -2.11. The first-order chi connectivity index (χ1) is 15.5. The number of hydrogen-bond acceptors (Lipinski definition) is 2. The smallest absolute Gasteiger partial charge is 0.282 e. The molecule has 2 rings (SSSR count). The van der Waals surface area contributed by atoms with Crippen molar-refractivity contribution in [3.8, 4) is 0 Å². The Hall–Kier alpha value is -1.39. The van der Waals surface area contributed by atoms with Gasteiger partial charge in [-0.25, -0.2) is 0 Å². The summed E-state index contributed by atoms with van der Waals surface area (Å²) in [7, 11) is -4.21. The molecule has 4 heteroatoms. The molecule has 0 amide bonds. The maximum Gasteiger partial charge on any atom is 0.294 e. The number of aryl methyl sites for hydroxylation is 2. The van der Waals surface area contributed by atoms with Crippen LogP contribution in [0, 0.1) is 0 Å². The average molecular weight is 461 g/mol. The zero-order valence-corrected chi connectivity index (χ0v) is 21.2. The maximum absolute atomic E-state index is 11.9. The van der Waals surface area contributed by atoms with Crippen molar-refractivity contribution in [1.29, 1.82) is 0 Å². The van der Waals surface area contributed by atoms with Crippen LogP contribution in [0.3, 0.4) is 0 Å². The molecule has 0 aliphatic rings. The van der Waals surface area contributed by atoms with Crippen molar-refractivity contribution < 1.29 is 13.0 Å². The lowest BCUT2D eigenvalue weighted by Crippen LogP contribution is -2.01. The van der Waals surface area contributed by atoms with Gasteiger partial charge in [0.1, 0.15) is 0 Å². The molecule has 180 valence electrons. The molecule has 0 bridgehead atoms. The van der Waals surface area contributed by atoms with Crippen molar-refractivity contribution in [3.05, 3.63) is 41.5 Å². The van der Waals surface area contributed by atoms with Crippen LogP contribution in [0.1, 0.15) is 115 Å². The zero-order chi connectivity index (χ0) is 23.2. The zero-order valence-electron chi connectivity index (χ0n) is 20.4. The van der Waals surface area contributed by atoms with E-state index < -0.39 is 10.1 Å². The molecule has 0 saturated carbocycles. The van der Waals surface area contributed by atoms with E-state index in [9.17, 15) is 13.0 Å². The summed E-state index contributed by atoms with van der Waals surface area (Å²) in [6.45, 7) is 4.47. The molecule has 0 aliphatic heterocycles. The molecular weight excluding hydrogens is 416 g/mol. The van der Waals surface area contributed by atoms with Gasteiger partial charge in [-0.15, -0.1) is 0 Å². The summed E-state index contributed by atoms with van der Waals surface area (Å²) in [4.78, 5) is 0.0241. The summed E-state index contributed by atoms with van der Waals surface area (Å²) in [5, 5.41) is 2.05. The molecule has 2 aromatic carbocycles. The quantitative estimate of drug-likeness (QED) is 0.190. The first-order valence-corrected chi connectivity index (χ1v) is 14.4. The highest BCUT2D eigenvalue weighted by atomic mass is 32.2. The van der Waals surface area contributed by atoms with Crippen LogP contribution in [0.15, 0.2) is 35.2 Å². The van der Waals surface area contributed by atoms with Gasteiger partial charge in [0, 0.05) is 0 Å². The summed E-state index contributed by atoms with van der Waals surface area (Å²) in [6.07, 6.45) is 19.5. The largest absolute Gasteiger partial charge is 0.294 e. The molecule has 32 heavy (non-hydrogen) atoms. The van der Waals surface area contributed by atoms with Crippen LogP contribution in [0.2, 0.25) is 0 Å². The van der Waals surface area contributed by atoms with E-state index in [0.29, 0.717) is 0 Å². The Balaban J connectivity index is 2.01. The molecule has 0 radical (unpaired) electrons. The Morgan fingerprint density at radius 2 is 1.19 bits per heavy atom. The van der Waals surface area contributed by atoms with Crippen LogP contribution >= 0.6 is 0 Å². The minimum atomic E-state index is -4.21. The second kappa shape index (κ2) is 14.7. The summed E-state index contributed by atoms with van der Waals surface area (Å²) in [5.41, 5.74) is 2.28. The van der Waals surface area contributed by atoms with Crippen molar-refractivity contribution >= 4 is 20.9 Å². The number of hydrogen-bond donors (Lipinski definition) is 1. The first-order valence-electron chi connectivity index (χ1n) is 13.0. The van der Waals surface area contributed by atoms with Gasteiger partial charge in [-0.3, -0.25) is 4.55 Å². The van der Waals surface area contributed by atoms with Gasteiger partial charge in [-0.2, -0.15) is 8.42 Å². The van der Waals surface area contributed by atoms with Crippen molar-refractivity contribution in [1.82, 2.24) is 0 Å². The second-order valence-electron chi connectivity index (χ2n) is 9.36. The Morgan fingerprint density at radius 1 is 0.656 bits per heavy atom. The van der Waals surface area contributed by atoms with Crippen LogP contribution in [-0.4, -0.2) is 13.0 Å². The maximum atomic E-state index is 11.9. The molecule has 0 unspecified atom stereocenters. The van der Waals surface area contributed by atoms with Gasteiger partial charge in [-0.1, -0.05) is 109 Å². The Morgan fingerprint density at radius 3 is 1.75 bits per heavy atom. The normalized spacial score (nSPS) is 12.0. The molecule has 0 atom stereocenters. The third kappa shape index (κ3) is 9.62. The van der Waals surface area contributed by atoms with E-state index in [0.717, 1.165) is 42.0 Å². The molecule has 0 fully saturated rings.